The first kappa shape index (κ1) is 46.9. The first-order chi connectivity index (χ1) is 30.7. The number of ether oxygens (including phenoxy) is 3. The van der Waals surface area contributed by atoms with Crippen molar-refractivity contribution in [2.75, 3.05) is 31.8 Å². The van der Waals surface area contributed by atoms with E-state index in [1.54, 1.807) is 0 Å². The van der Waals surface area contributed by atoms with Crippen LogP contribution in [0.2, 0.25) is 5.02 Å². The van der Waals surface area contributed by atoms with E-state index in [1.165, 1.54) is 35.4 Å². The fourth-order valence-electron chi connectivity index (χ4n) is 10.6. The summed E-state index contributed by atoms with van der Waals surface area (Å²) in [4.78, 5) is 45.1. The number of aromatic nitrogens is 1. The molecule has 1 spiro atoms. The second kappa shape index (κ2) is 20.4. The fraction of sp³-hybridized carbons (Fsp3) is 0.490. The Morgan fingerprint density at radius 2 is 1.75 bits per heavy atom. The molecule has 0 aliphatic heterocycles. The standard InChI is InChI=1S/C51H59ClF3N3O6/c1-34(33-64-44-21-27-56-43-17-7-11-35(2)46(43)44)29-38-30-37-19-20-41(63-28-10-26-57-45(59)18-8-14-36-12-5-4-6-13-36)32-42(37)49(38)22-24-50(25-23-49,48(61)62-3)58(47(60)51(53,54)55)40-16-9-15-39(52)31-40/h4-6,9,12-13,15-16,19-21,27,31-32,34-35,38H,7-8,10-11,14,17-18,22-26,28-30,33H2,1-3H3,(H,57,59)/t34-,35-,38+,49?,50?/m1/s1. The molecule has 3 aliphatic carbocycles. The van der Waals surface area contributed by atoms with Crippen LogP contribution in [-0.4, -0.2) is 61.4 Å². The molecule has 1 fully saturated rings. The van der Waals surface area contributed by atoms with Crippen LogP contribution in [0.3, 0.4) is 0 Å². The molecule has 2 amide bonds. The summed E-state index contributed by atoms with van der Waals surface area (Å²) in [6.45, 7) is 5.68. The topological polar surface area (TPSA) is 107 Å². The molecule has 1 heterocycles. The SMILES string of the molecule is COC(=O)C1(N(C(=O)C(F)(F)F)c2cccc(Cl)c2)CCC2(CC1)c1cc(OCCCNC(=O)CCCc3ccccc3)ccc1C[C@@H]2C[C@@H](C)COc1ccnc2c1[C@H](C)CCC2. The number of rotatable bonds is 17. The van der Waals surface area contributed by atoms with Gasteiger partial charge in [-0.2, -0.15) is 13.2 Å². The van der Waals surface area contributed by atoms with Crippen LogP contribution in [0.15, 0.2) is 85.1 Å². The van der Waals surface area contributed by atoms with Crippen LogP contribution in [0.1, 0.15) is 112 Å². The maximum atomic E-state index is 14.5. The monoisotopic (exact) mass is 901 g/mol. The van der Waals surface area contributed by atoms with Crippen LogP contribution >= 0.6 is 11.6 Å². The smallest absolute Gasteiger partial charge is 0.471 e. The van der Waals surface area contributed by atoms with Gasteiger partial charge in [0.15, 0.2) is 0 Å². The lowest BCUT2D eigenvalue weighted by Gasteiger charge is -2.51. The Kier molecular flexibility index (Phi) is 14.9. The molecule has 1 N–H and O–H groups in total. The first-order valence-electron chi connectivity index (χ1n) is 22.7. The molecular weight excluding hydrogens is 843 g/mol. The molecule has 3 aliphatic rings. The average Bonchev–Trinajstić information content (AvgIpc) is 3.56. The number of hydrogen-bond donors (Lipinski definition) is 1. The molecule has 0 unspecified atom stereocenters. The van der Waals surface area contributed by atoms with Crippen LogP contribution in [0.25, 0.3) is 0 Å². The highest BCUT2D eigenvalue weighted by molar-refractivity contribution is 6.31. The first-order valence-corrected chi connectivity index (χ1v) is 23.0. The van der Waals surface area contributed by atoms with Gasteiger partial charge in [-0.3, -0.25) is 19.5 Å². The van der Waals surface area contributed by atoms with Crippen molar-refractivity contribution in [3.05, 3.63) is 118 Å². The molecule has 1 saturated carbocycles. The van der Waals surface area contributed by atoms with Gasteiger partial charge in [-0.05, 0) is 153 Å². The van der Waals surface area contributed by atoms with Gasteiger partial charge in [0.2, 0.25) is 5.91 Å². The Labute approximate surface area is 379 Å². The number of pyridine rings is 1. The number of fused-ring (bicyclic) bond motifs is 3. The van der Waals surface area contributed by atoms with E-state index in [-0.39, 0.29) is 41.3 Å². The van der Waals surface area contributed by atoms with Crippen LogP contribution in [0.5, 0.6) is 11.5 Å². The predicted octanol–water partition coefficient (Wildman–Crippen LogP) is 10.7. The second-order valence-electron chi connectivity index (χ2n) is 18.0. The third kappa shape index (κ3) is 10.4. The highest BCUT2D eigenvalue weighted by Gasteiger charge is 2.60. The Morgan fingerprint density at radius 3 is 2.48 bits per heavy atom. The third-order valence-electron chi connectivity index (χ3n) is 13.8. The number of amides is 2. The predicted molar refractivity (Wildman–Crippen MR) is 241 cm³/mol. The fourth-order valence-corrected chi connectivity index (χ4v) is 10.8. The van der Waals surface area contributed by atoms with Crippen molar-refractivity contribution in [3.63, 3.8) is 0 Å². The van der Waals surface area contributed by atoms with E-state index in [1.807, 2.05) is 42.6 Å². The van der Waals surface area contributed by atoms with E-state index in [9.17, 15) is 27.6 Å². The van der Waals surface area contributed by atoms with E-state index in [4.69, 9.17) is 25.8 Å². The van der Waals surface area contributed by atoms with Crippen LogP contribution < -0.4 is 19.7 Å². The maximum Gasteiger partial charge on any atom is 0.471 e. The molecule has 64 heavy (non-hydrogen) atoms. The van der Waals surface area contributed by atoms with Crippen molar-refractivity contribution in [1.82, 2.24) is 10.3 Å². The Hall–Kier alpha value is -5.10. The number of hydrogen-bond acceptors (Lipinski definition) is 7. The number of aryl methyl sites for hydroxylation is 2. The number of nitrogens with zero attached hydrogens (tertiary/aromatic N) is 2. The molecule has 0 bridgehead atoms. The highest BCUT2D eigenvalue weighted by Crippen LogP contribution is 2.58. The van der Waals surface area contributed by atoms with Gasteiger partial charge in [-0.1, -0.05) is 67.9 Å². The minimum atomic E-state index is -5.28. The number of carbonyl (C=O) groups excluding carboxylic acids is 3. The summed E-state index contributed by atoms with van der Waals surface area (Å²) in [5.41, 5.74) is 3.02. The summed E-state index contributed by atoms with van der Waals surface area (Å²) in [6.07, 6.45) is 4.25. The lowest BCUT2D eigenvalue weighted by Crippen LogP contribution is -2.63. The summed E-state index contributed by atoms with van der Waals surface area (Å²) in [5.74, 6) is -1.04. The molecule has 342 valence electrons. The molecule has 0 saturated heterocycles. The number of halogens is 4. The van der Waals surface area contributed by atoms with Crippen LogP contribution in [0, 0.1) is 11.8 Å². The number of nitrogens with one attached hydrogen (secondary N) is 1. The zero-order valence-electron chi connectivity index (χ0n) is 37.0. The number of carbonyl (C=O) groups is 3. The number of esters is 1. The van der Waals surface area contributed by atoms with Gasteiger partial charge in [-0.25, -0.2) is 4.79 Å². The van der Waals surface area contributed by atoms with Gasteiger partial charge in [-0.15, -0.1) is 0 Å². The summed E-state index contributed by atoms with van der Waals surface area (Å²) in [7, 11) is 1.14. The minimum Gasteiger partial charge on any atom is -0.494 e. The van der Waals surface area contributed by atoms with Gasteiger partial charge in [0.25, 0.3) is 0 Å². The van der Waals surface area contributed by atoms with E-state index in [2.05, 4.69) is 42.3 Å². The summed E-state index contributed by atoms with van der Waals surface area (Å²) >= 11 is 6.28. The summed E-state index contributed by atoms with van der Waals surface area (Å²) in [5, 5.41) is 3.12. The zero-order chi connectivity index (χ0) is 45.5. The van der Waals surface area contributed by atoms with Crippen molar-refractivity contribution >= 4 is 35.1 Å². The van der Waals surface area contributed by atoms with Crippen molar-refractivity contribution in [3.8, 4) is 11.5 Å². The highest BCUT2D eigenvalue weighted by atomic mass is 35.5. The molecule has 3 atom stereocenters. The van der Waals surface area contributed by atoms with Crippen molar-refractivity contribution in [2.45, 2.75) is 120 Å². The Balaban J connectivity index is 1.10. The molecule has 7 rings (SSSR count). The molecule has 13 heteroatoms. The molecule has 0 radical (unpaired) electrons. The van der Waals surface area contributed by atoms with Crippen molar-refractivity contribution in [1.29, 1.82) is 0 Å². The summed E-state index contributed by atoms with van der Waals surface area (Å²) < 4.78 is 61.6. The third-order valence-corrected chi connectivity index (χ3v) is 14.0. The van der Waals surface area contributed by atoms with Gasteiger partial charge in [0, 0.05) is 41.1 Å². The maximum absolute atomic E-state index is 14.5. The summed E-state index contributed by atoms with van der Waals surface area (Å²) in [6, 6.07) is 23.7. The zero-order valence-corrected chi connectivity index (χ0v) is 37.7. The van der Waals surface area contributed by atoms with E-state index in [0.717, 1.165) is 74.6 Å². The van der Waals surface area contributed by atoms with Gasteiger partial charge >= 0.3 is 18.1 Å². The Bertz CT molecular complexity index is 2260. The van der Waals surface area contributed by atoms with Crippen molar-refractivity contribution in [2.24, 2.45) is 11.8 Å². The van der Waals surface area contributed by atoms with Gasteiger partial charge in [0.1, 0.15) is 17.0 Å². The molecule has 1 aromatic heterocycles. The second-order valence-corrected chi connectivity index (χ2v) is 18.5. The van der Waals surface area contributed by atoms with E-state index < -0.39 is 29.0 Å². The van der Waals surface area contributed by atoms with Crippen molar-refractivity contribution < 1.29 is 41.8 Å². The molecule has 3 aromatic carbocycles. The molecule has 4 aromatic rings. The normalized spacial score (nSPS) is 21.9. The lowest BCUT2D eigenvalue weighted by atomic mass is 9.59. The van der Waals surface area contributed by atoms with E-state index in [0.29, 0.717) is 62.0 Å². The lowest BCUT2D eigenvalue weighted by molar-refractivity contribution is -0.174. The average molecular weight is 902 g/mol. The van der Waals surface area contributed by atoms with Gasteiger partial charge < -0.3 is 19.5 Å². The van der Waals surface area contributed by atoms with E-state index >= 15 is 0 Å². The molecular formula is C51H59ClF3N3O6. The number of alkyl halides is 3. The van der Waals surface area contributed by atoms with Crippen LogP contribution in [-0.2, 0) is 43.8 Å². The Morgan fingerprint density at radius 1 is 0.969 bits per heavy atom. The van der Waals surface area contributed by atoms with Gasteiger partial charge in [0.05, 0.1) is 20.3 Å². The molecule has 9 nitrogen and oxygen atoms in total. The largest absolute Gasteiger partial charge is 0.494 e. The number of methoxy groups -OCH3 is 1. The van der Waals surface area contributed by atoms with Crippen LogP contribution in [0.4, 0.5) is 18.9 Å². The number of benzene rings is 3. The minimum absolute atomic E-state index is 0.00181. The quantitative estimate of drug-likeness (QED) is 0.0831. The number of anilines is 1.